The number of ketones is 1. The summed E-state index contributed by atoms with van der Waals surface area (Å²) in [5.41, 5.74) is 8.96. The van der Waals surface area contributed by atoms with Crippen molar-refractivity contribution in [2.24, 2.45) is 0 Å². The summed E-state index contributed by atoms with van der Waals surface area (Å²) >= 11 is 0. The second kappa shape index (κ2) is 6.75. The van der Waals surface area contributed by atoms with E-state index in [1.165, 1.54) is 11.1 Å². The van der Waals surface area contributed by atoms with Gasteiger partial charge in [0.2, 0.25) is 0 Å². The first-order chi connectivity index (χ1) is 14.1. The number of hydrogen-bond donors (Lipinski definition) is 0. The fourth-order valence-corrected chi connectivity index (χ4v) is 4.20. The van der Waals surface area contributed by atoms with E-state index in [4.69, 9.17) is 0 Å². The topological polar surface area (TPSA) is 20.3 Å². The number of aryl methyl sites for hydroxylation is 2. The number of rotatable bonds is 3. The molecule has 0 spiro atoms. The van der Waals surface area contributed by atoms with Crippen molar-refractivity contribution in [1.82, 2.24) is 0 Å². The number of nitrogens with zero attached hydrogens (tertiary/aromatic N) is 1. The van der Waals surface area contributed by atoms with E-state index >= 15 is 0 Å². The molecule has 0 saturated heterocycles. The Morgan fingerprint density at radius 3 is 1.76 bits per heavy atom. The van der Waals surface area contributed by atoms with Gasteiger partial charge in [-0.1, -0.05) is 60.7 Å². The molecule has 0 aromatic heterocycles. The predicted octanol–water partition coefficient (Wildman–Crippen LogP) is 6.98. The summed E-state index contributed by atoms with van der Waals surface area (Å²) in [4.78, 5) is 15.6. The molecule has 0 unspecified atom stereocenters. The Morgan fingerprint density at radius 1 is 0.586 bits per heavy atom. The monoisotopic (exact) mass is 375 g/mol. The van der Waals surface area contributed by atoms with Crippen molar-refractivity contribution >= 4 is 22.8 Å². The summed E-state index contributed by atoms with van der Waals surface area (Å²) in [7, 11) is 0. The van der Waals surface area contributed by atoms with Crippen molar-refractivity contribution < 1.29 is 4.79 Å². The minimum Gasteiger partial charge on any atom is -0.310 e. The zero-order chi connectivity index (χ0) is 20.0. The standard InChI is InChI=1S/C27H21NO/c1-18-8-5-10-20(16-18)28(21-11-6-9-19(2)17-21)25-15-7-14-23-22-12-3-4-13-24(22)27(29)26(23)25/h3-17H,1-2H3. The number of hydrogen-bond acceptors (Lipinski definition) is 2. The molecule has 0 amide bonds. The van der Waals surface area contributed by atoms with E-state index in [0.717, 1.165) is 39.3 Å². The largest absolute Gasteiger partial charge is 0.310 e. The van der Waals surface area contributed by atoms with Gasteiger partial charge in [0, 0.05) is 16.9 Å². The fourth-order valence-electron chi connectivity index (χ4n) is 4.20. The summed E-state index contributed by atoms with van der Waals surface area (Å²) in [5, 5.41) is 0. The Bertz CT molecular complexity index is 1210. The minimum absolute atomic E-state index is 0.0940. The highest BCUT2D eigenvalue weighted by Crippen LogP contribution is 2.45. The Balaban J connectivity index is 1.78. The first-order valence-corrected chi connectivity index (χ1v) is 9.84. The quantitative estimate of drug-likeness (QED) is 0.339. The van der Waals surface area contributed by atoms with Crippen LogP contribution in [-0.2, 0) is 0 Å². The fraction of sp³-hybridized carbons (Fsp3) is 0.0741. The average molecular weight is 375 g/mol. The van der Waals surface area contributed by atoms with Gasteiger partial charge in [0.1, 0.15) is 0 Å². The highest BCUT2D eigenvalue weighted by molar-refractivity contribution is 6.25. The van der Waals surface area contributed by atoms with Crippen LogP contribution in [0.5, 0.6) is 0 Å². The van der Waals surface area contributed by atoms with Crippen LogP contribution in [0.1, 0.15) is 27.0 Å². The smallest absolute Gasteiger partial charge is 0.196 e. The van der Waals surface area contributed by atoms with Gasteiger partial charge in [-0.2, -0.15) is 0 Å². The number of fused-ring (bicyclic) bond motifs is 3. The molecule has 0 bridgehead atoms. The molecule has 4 aromatic rings. The molecule has 2 heteroatoms. The molecule has 0 aliphatic heterocycles. The number of carbonyl (C=O) groups excluding carboxylic acids is 1. The third-order valence-electron chi connectivity index (χ3n) is 5.49. The second-order valence-electron chi connectivity index (χ2n) is 7.59. The number of anilines is 3. The number of benzene rings is 4. The summed E-state index contributed by atoms with van der Waals surface area (Å²) in [6.45, 7) is 4.18. The van der Waals surface area contributed by atoms with E-state index in [0.29, 0.717) is 0 Å². The normalized spacial score (nSPS) is 11.9. The van der Waals surface area contributed by atoms with E-state index < -0.39 is 0 Å². The molecule has 0 fully saturated rings. The summed E-state index contributed by atoms with van der Waals surface area (Å²) in [6, 6.07) is 30.8. The first-order valence-electron chi connectivity index (χ1n) is 9.84. The molecular formula is C27H21NO. The van der Waals surface area contributed by atoms with Crippen LogP contribution >= 0.6 is 0 Å². The van der Waals surface area contributed by atoms with Crippen LogP contribution in [0.2, 0.25) is 0 Å². The van der Waals surface area contributed by atoms with Crippen molar-refractivity contribution in [3.05, 3.63) is 113 Å². The molecule has 1 aliphatic carbocycles. The lowest BCUT2D eigenvalue weighted by Crippen LogP contribution is -2.14. The maximum atomic E-state index is 13.4. The highest BCUT2D eigenvalue weighted by Gasteiger charge is 2.31. The molecule has 5 rings (SSSR count). The molecule has 29 heavy (non-hydrogen) atoms. The number of carbonyl (C=O) groups is 1. The Morgan fingerprint density at radius 2 is 1.14 bits per heavy atom. The van der Waals surface area contributed by atoms with Crippen LogP contribution in [0.15, 0.2) is 91.0 Å². The van der Waals surface area contributed by atoms with E-state index in [-0.39, 0.29) is 5.78 Å². The van der Waals surface area contributed by atoms with E-state index in [1.54, 1.807) is 0 Å². The van der Waals surface area contributed by atoms with Gasteiger partial charge in [0.15, 0.2) is 5.78 Å². The lowest BCUT2D eigenvalue weighted by molar-refractivity contribution is 0.104. The van der Waals surface area contributed by atoms with Crippen LogP contribution in [0.3, 0.4) is 0 Å². The van der Waals surface area contributed by atoms with Crippen LogP contribution in [0.25, 0.3) is 11.1 Å². The van der Waals surface area contributed by atoms with Crippen molar-refractivity contribution in [3.8, 4) is 11.1 Å². The van der Waals surface area contributed by atoms with E-state index in [9.17, 15) is 4.79 Å². The van der Waals surface area contributed by atoms with Gasteiger partial charge < -0.3 is 4.90 Å². The molecule has 0 heterocycles. The lowest BCUT2D eigenvalue weighted by atomic mass is 10.0. The molecule has 0 N–H and O–H groups in total. The zero-order valence-electron chi connectivity index (χ0n) is 16.5. The highest BCUT2D eigenvalue weighted by atomic mass is 16.1. The van der Waals surface area contributed by atoms with Crippen LogP contribution in [0, 0.1) is 13.8 Å². The maximum absolute atomic E-state index is 13.4. The molecule has 2 nitrogen and oxygen atoms in total. The van der Waals surface area contributed by atoms with Crippen molar-refractivity contribution in [3.63, 3.8) is 0 Å². The van der Waals surface area contributed by atoms with Crippen molar-refractivity contribution in [2.45, 2.75) is 13.8 Å². The maximum Gasteiger partial charge on any atom is 0.196 e. The Labute approximate surface area is 171 Å². The molecule has 4 aromatic carbocycles. The Kier molecular flexibility index (Phi) is 4.06. The minimum atomic E-state index is 0.0940. The molecular weight excluding hydrogens is 354 g/mol. The first kappa shape index (κ1) is 17.4. The SMILES string of the molecule is Cc1cccc(N(c2cccc(C)c2)c2cccc3c2C(=O)c2ccccc2-3)c1. The van der Waals surface area contributed by atoms with Crippen LogP contribution in [-0.4, -0.2) is 5.78 Å². The van der Waals surface area contributed by atoms with Crippen LogP contribution < -0.4 is 4.90 Å². The van der Waals surface area contributed by atoms with Gasteiger partial charge in [-0.3, -0.25) is 4.79 Å². The van der Waals surface area contributed by atoms with Gasteiger partial charge in [-0.05, 0) is 66.4 Å². The molecule has 0 atom stereocenters. The van der Waals surface area contributed by atoms with Gasteiger partial charge in [-0.15, -0.1) is 0 Å². The van der Waals surface area contributed by atoms with Gasteiger partial charge in [0.25, 0.3) is 0 Å². The summed E-state index contributed by atoms with van der Waals surface area (Å²) in [6.07, 6.45) is 0. The van der Waals surface area contributed by atoms with E-state index in [2.05, 4.69) is 67.3 Å². The van der Waals surface area contributed by atoms with Gasteiger partial charge >= 0.3 is 0 Å². The molecule has 0 saturated carbocycles. The molecule has 1 aliphatic rings. The third-order valence-corrected chi connectivity index (χ3v) is 5.49. The van der Waals surface area contributed by atoms with Crippen molar-refractivity contribution in [1.29, 1.82) is 0 Å². The lowest BCUT2D eigenvalue weighted by Gasteiger charge is -2.28. The predicted molar refractivity (Wildman–Crippen MR) is 119 cm³/mol. The molecule has 0 radical (unpaired) electrons. The van der Waals surface area contributed by atoms with E-state index in [1.807, 2.05) is 42.5 Å². The summed E-state index contributed by atoms with van der Waals surface area (Å²) < 4.78 is 0. The second-order valence-corrected chi connectivity index (χ2v) is 7.59. The third kappa shape index (κ3) is 2.85. The van der Waals surface area contributed by atoms with Crippen molar-refractivity contribution in [2.75, 3.05) is 4.90 Å². The Hall–Kier alpha value is -3.65. The van der Waals surface area contributed by atoms with Gasteiger partial charge in [0.05, 0.1) is 11.3 Å². The molecule has 140 valence electrons. The summed E-state index contributed by atoms with van der Waals surface area (Å²) in [5.74, 6) is 0.0940. The van der Waals surface area contributed by atoms with Crippen LogP contribution in [0.4, 0.5) is 17.1 Å². The zero-order valence-corrected chi connectivity index (χ0v) is 16.5. The van der Waals surface area contributed by atoms with Gasteiger partial charge in [-0.25, -0.2) is 0 Å². The average Bonchev–Trinajstić information content (AvgIpc) is 3.02.